The molecule has 0 bridgehead atoms. The second kappa shape index (κ2) is 5.15. The Kier molecular flexibility index (Phi) is 3.42. The average Bonchev–Trinajstić information content (AvgIpc) is 3.18. The fraction of sp³-hybridized carbons (Fsp3) is 0.333. The molecule has 0 radical (unpaired) electrons. The van der Waals surface area contributed by atoms with Gasteiger partial charge in [0, 0.05) is 11.6 Å². The number of carboxylic acid groups (broad SMARTS) is 1. The zero-order valence-electron chi connectivity index (χ0n) is 11.4. The number of carbonyl (C=O) groups is 1. The molecule has 2 aromatic rings. The van der Waals surface area contributed by atoms with Crippen LogP contribution in [0.25, 0.3) is 11.3 Å². The summed E-state index contributed by atoms with van der Waals surface area (Å²) < 4.78 is 44.6. The fourth-order valence-electron chi connectivity index (χ4n) is 2.36. The summed E-state index contributed by atoms with van der Waals surface area (Å²) in [4.78, 5) is 10.6. The lowest BCUT2D eigenvalue weighted by molar-refractivity contribution is -0.137. The molecule has 1 fully saturated rings. The third-order valence-electron chi connectivity index (χ3n) is 3.56. The molecule has 0 atom stereocenters. The highest BCUT2D eigenvalue weighted by Gasteiger charge is 2.36. The Morgan fingerprint density at radius 2 is 2.05 bits per heavy atom. The van der Waals surface area contributed by atoms with Crippen LogP contribution in [0.4, 0.5) is 13.2 Å². The van der Waals surface area contributed by atoms with Gasteiger partial charge in [-0.05, 0) is 30.4 Å². The molecule has 0 unspecified atom stereocenters. The first kappa shape index (κ1) is 14.6. The number of hydrogen-bond acceptors (Lipinski definition) is 3. The summed E-state index contributed by atoms with van der Waals surface area (Å²) in [6, 6.07) is 5.42. The zero-order chi connectivity index (χ0) is 15.9. The number of nitrogens with zero attached hydrogens (tertiary/aromatic N) is 1. The lowest BCUT2D eigenvalue weighted by Gasteiger charge is -2.12. The molecule has 3 rings (SSSR count). The first-order chi connectivity index (χ1) is 10.3. The maximum atomic E-state index is 13.3. The quantitative estimate of drug-likeness (QED) is 0.931. The van der Waals surface area contributed by atoms with Gasteiger partial charge < -0.3 is 9.63 Å². The maximum Gasteiger partial charge on any atom is 0.417 e. The number of hydrogen-bond donors (Lipinski definition) is 1. The first-order valence-corrected chi connectivity index (χ1v) is 6.73. The molecule has 0 aliphatic heterocycles. The van der Waals surface area contributed by atoms with Crippen molar-refractivity contribution in [3.8, 4) is 11.3 Å². The van der Waals surface area contributed by atoms with E-state index in [4.69, 9.17) is 9.63 Å². The number of carboxylic acids is 1. The highest BCUT2D eigenvalue weighted by atomic mass is 19.4. The molecule has 0 spiro atoms. The highest BCUT2D eigenvalue weighted by molar-refractivity contribution is 5.71. The summed E-state index contributed by atoms with van der Waals surface area (Å²) in [6.07, 6.45) is -3.12. The third-order valence-corrected chi connectivity index (χ3v) is 3.56. The van der Waals surface area contributed by atoms with Gasteiger partial charge in [-0.3, -0.25) is 4.79 Å². The van der Waals surface area contributed by atoms with Crippen molar-refractivity contribution in [2.75, 3.05) is 0 Å². The van der Waals surface area contributed by atoms with Crippen molar-refractivity contribution in [2.24, 2.45) is 0 Å². The summed E-state index contributed by atoms with van der Waals surface area (Å²) >= 11 is 0. The lowest BCUT2D eigenvalue weighted by atomic mass is 9.98. The molecule has 0 saturated heterocycles. The van der Waals surface area contributed by atoms with Gasteiger partial charge in [0.05, 0.1) is 5.56 Å². The van der Waals surface area contributed by atoms with Crippen LogP contribution in [-0.4, -0.2) is 16.2 Å². The van der Waals surface area contributed by atoms with Gasteiger partial charge in [0.15, 0.2) is 0 Å². The van der Waals surface area contributed by atoms with Gasteiger partial charge in [0.1, 0.15) is 17.9 Å². The molecular weight excluding hydrogens is 299 g/mol. The van der Waals surface area contributed by atoms with Crippen LogP contribution >= 0.6 is 0 Å². The van der Waals surface area contributed by atoms with Crippen LogP contribution in [0.15, 0.2) is 28.8 Å². The molecule has 116 valence electrons. The Balaban J connectivity index is 2.01. The SMILES string of the molecule is O=C(O)Cc1cc(-c2ccc(C3CC3)cc2C(F)(F)F)no1. The Bertz CT molecular complexity index is 717. The van der Waals surface area contributed by atoms with Gasteiger partial charge in [-0.2, -0.15) is 13.2 Å². The van der Waals surface area contributed by atoms with Gasteiger partial charge in [0.2, 0.25) is 0 Å². The van der Waals surface area contributed by atoms with Crippen molar-refractivity contribution in [3.05, 3.63) is 41.2 Å². The molecule has 1 heterocycles. The minimum absolute atomic E-state index is 0.00841. The number of alkyl halides is 3. The summed E-state index contributed by atoms with van der Waals surface area (Å²) in [5.41, 5.74) is -0.208. The van der Waals surface area contributed by atoms with E-state index in [9.17, 15) is 18.0 Å². The van der Waals surface area contributed by atoms with E-state index in [2.05, 4.69) is 5.16 Å². The molecule has 1 aromatic carbocycles. The van der Waals surface area contributed by atoms with Gasteiger partial charge in [-0.1, -0.05) is 17.3 Å². The van der Waals surface area contributed by atoms with Gasteiger partial charge in [-0.25, -0.2) is 0 Å². The normalized spacial score (nSPS) is 15.0. The standard InChI is InChI=1S/C15H12F3NO3/c16-15(17,18)12-5-9(8-1-2-8)3-4-11(12)13-6-10(22-19-13)7-14(20)21/h3-6,8H,1-2,7H2,(H,20,21). The maximum absolute atomic E-state index is 13.3. The molecule has 1 N–H and O–H groups in total. The Morgan fingerprint density at radius 3 is 2.64 bits per heavy atom. The number of benzene rings is 1. The summed E-state index contributed by atoms with van der Waals surface area (Å²) in [5, 5.41) is 12.2. The van der Waals surface area contributed by atoms with Crippen LogP contribution in [-0.2, 0) is 17.4 Å². The molecule has 4 nitrogen and oxygen atoms in total. The fourth-order valence-corrected chi connectivity index (χ4v) is 2.36. The summed E-state index contributed by atoms with van der Waals surface area (Å²) in [6.45, 7) is 0. The molecule has 7 heteroatoms. The van der Waals surface area contributed by atoms with Crippen molar-refractivity contribution >= 4 is 5.97 Å². The van der Waals surface area contributed by atoms with Crippen molar-refractivity contribution in [1.82, 2.24) is 5.16 Å². The second-order valence-electron chi connectivity index (χ2n) is 5.33. The topological polar surface area (TPSA) is 63.3 Å². The Morgan fingerprint density at radius 1 is 1.32 bits per heavy atom. The molecule has 0 amide bonds. The molecule has 1 aromatic heterocycles. The number of rotatable bonds is 4. The monoisotopic (exact) mass is 311 g/mol. The van der Waals surface area contributed by atoms with E-state index in [1.54, 1.807) is 6.07 Å². The van der Waals surface area contributed by atoms with E-state index < -0.39 is 24.1 Å². The predicted octanol–water partition coefficient (Wildman–Crippen LogP) is 3.86. The lowest BCUT2D eigenvalue weighted by Crippen LogP contribution is -2.08. The molecule has 1 aliphatic rings. The van der Waals surface area contributed by atoms with E-state index >= 15 is 0 Å². The van der Waals surface area contributed by atoms with Gasteiger partial charge in [-0.15, -0.1) is 0 Å². The number of aliphatic carboxylic acids is 1. The van der Waals surface area contributed by atoms with Crippen molar-refractivity contribution in [2.45, 2.75) is 31.4 Å². The summed E-state index contributed by atoms with van der Waals surface area (Å²) in [7, 11) is 0. The van der Waals surface area contributed by atoms with E-state index in [-0.39, 0.29) is 22.9 Å². The molecule has 1 aliphatic carbocycles. The molecular formula is C15H12F3NO3. The van der Waals surface area contributed by atoms with Crippen LogP contribution < -0.4 is 0 Å². The van der Waals surface area contributed by atoms with E-state index in [1.165, 1.54) is 12.1 Å². The highest BCUT2D eigenvalue weighted by Crippen LogP contribution is 2.44. The van der Waals surface area contributed by atoms with Crippen molar-refractivity contribution < 1.29 is 27.6 Å². The van der Waals surface area contributed by atoms with Gasteiger partial charge in [0.25, 0.3) is 0 Å². The van der Waals surface area contributed by atoms with Crippen molar-refractivity contribution in [1.29, 1.82) is 0 Å². The second-order valence-corrected chi connectivity index (χ2v) is 5.33. The van der Waals surface area contributed by atoms with E-state index in [0.29, 0.717) is 5.56 Å². The zero-order valence-corrected chi connectivity index (χ0v) is 11.4. The average molecular weight is 311 g/mol. The number of halogens is 3. The van der Waals surface area contributed by atoms with Crippen LogP contribution in [0.1, 0.15) is 35.6 Å². The van der Waals surface area contributed by atoms with Crippen molar-refractivity contribution in [3.63, 3.8) is 0 Å². The molecule has 1 saturated carbocycles. The Labute approximate surface area is 123 Å². The van der Waals surface area contributed by atoms with Crippen LogP contribution in [0, 0.1) is 0 Å². The molecule has 22 heavy (non-hydrogen) atoms. The van der Waals surface area contributed by atoms with E-state index in [1.807, 2.05) is 0 Å². The first-order valence-electron chi connectivity index (χ1n) is 6.73. The minimum Gasteiger partial charge on any atom is -0.481 e. The number of aromatic nitrogens is 1. The third kappa shape index (κ3) is 2.98. The van der Waals surface area contributed by atoms with Crippen LogP contribution in [0.5, 0.6) is 0 Å². The van der Waals surface area contributed by atoms with Crippen LogP contribution in [0.3, 0.4) is 0 Å². The minimum atomic E-state index is -4.51. The smallest absolute Gasteiger partial charge is 0.417 e. The largest absolute Gasteiger partial charge is 0.481 e. The summed E-state index contributed by atoms with van der Waals surface area (Å²) in [5.74, 6) is -0.917. The van der Waals surface area contributed by atoms with E-state index in [0.717, 1.165) is 18.9 Å². The Hall–Kier alpha value is -2.31. The predicted molar refractivity (Wildman–Crippen MR) is 70.3 cm³/mol. The van der Waals surface area contributed by atoms with Gasteiger partial charge >= 0.3 is 12.1 Å². The van der Waals surface area contributed by atoms with Crippen LogP contribution in [0.2, 0.25) is 0 Å².